The van der Waals surface area contributed by atoms with Gasteiger partial charge in [0.05, 0.1) is 0 Å². The topological polar surface area (TPSA) is 13.1 Å². The van der Waals surface area contributed by atoms with Gasteiger partial charge in [-0.15, -0.1) is 0 Å². The Morgan fingerprint density at radius 2 is 1.60 bits per heavy atom. The van der Waals surface area contributed by atoms with Crippen molar-refractivity contribution < 1.29 is 4.42 Å². The molecule has 0 aliphatic carbocycles. The van der Waals surface area contributed by atoms with Crippen molar-refractivity contribution in [2.24, 2.45) is 0 Å². The maximum atomic E-state index is 5.74. The molecule has 0 amide bonds. The van der Waals surface area contributed by atoms with Gasteiger partial charge in [0.15, 0.2) is 0 Å². The molecule has 0 aliphatic heterocycles. The standard InChI is InChI=1S/C13H9BrO/c1-8-2-4-12-10(6-8)11-7-9(14)3-5-13(11)15-12/h2-7H,1H3. The first-order chi connectivity index (χ1) is 7.24. The van der Waals surface area contributed by atoms with Crippen molar-refractivity contribution in [2.75, 3.05) is 0 Å². The van der Waals surface area contributed by atoms with Crippen molar-refractivity contribution >= 4 is 37.9 Å². The molecule has 0 radical (unpaired) electrons. The predicted molar refractivity (Wildman–Crippen MR) is 66.2 cm³/mol. The Morgan fingerprint density at radius 1 is 0.933 bits per heavy atom. The van der Waals surface area contributed by atoms with Crippen LogP contribution in [0.2, 0.25) is 0 Å². The van der Waals surface area contributed by atoms with E-state index < -0.39 is 0 Å². The molecule has 2 heteroatoms. The Labute approximate surface area is 95.8 Å². The number of furan rings is 1. The Morgan fingerprint density at radius 3 is 2.40 bits per heavy atom. The van der Waals surface area contributed by atoms with Crippen LogP contribution in [0.5, 0.6) is 0 Å². The highest BCUT2D eigenvalue weighted by Gasteiger charge is 2.06. The minimum Gasteiger partial charge on any atom is -0.456 e. The molecule has 74 valence electrons. The third-order valence-corrected chi connectivity index (χ3v) is 3.08. The van der Waals surface area contributed by atoms with Gasteiger partial charge in [-0.2, -0.15) is 0 Å². The van der Waals surface area contributed by atoms with E-state index in [0.29, 0.717) is 0 Å². The van der Waals surface area contributed by atoms with E-state index in [2.05, 4.69) is 41.1 Å². The number of hydrogen-bond donors (Lipinski definition) is 0. The van der Waals surface area contributed by atoms with Crippen molar-refractivity contribution in [2.45, 2.75) is 6.92 Å². The van der Waals surface area contributed by atoms with Crippen molar-refractivity contribution in [3.8, 4) is 0 Å². The van der Waals surface area contributed by atoms with Crippen LogP contribution in [-0.2, 0) is 0 Å². The van der Waals surface area contributed by atoms with Crippen molar-refractivity contribution in [3.63, 3.8) is 0 Å². The van der Waals surface area contributed by atoms with E-state index in [-0.39, 0.29) is 0 Å². The lowest BCUT2D eigenvalue weighted by Gasteiger charge is -1.92. The van der Waals surface area contributed by atoms with Gasteiger partial charge >= 0.3 is 0 Å². The molecule has 0 bridgehead atoms. The highest BCUT2D eigenvalue weighted by Crippen LogP contribution is 2.31. The minimum atomic E-state index is 0.943. The van der Waals surface area contributed by atoms with Crippen LogP contribution in [0.4, 0.5) is 0 Å². The predicted octanol–water partition coefficient (Wildman–Crippen LogP) is 4.66. The summed E-state index contributed by atoms with van der Waals surface area (Å²) in [6, 6.07) is 12.3. The van der Waals surface area contributed by atoms with E-state index in [1.54, 1.807) is 0 Å². The van der Waals surface area contributed by atoms with Crippen LogP contribution in [-0.4, -0.2) is 0 Å². The third kappa shape index (κ3) is 1.37. The molecule has 0 saturated heterocycles. The summed E-state index contributed by atoms with van der Waals surface area (Å²) in [7, 11) is 0. The van der Waals surface area contributed by atoms with Crippen molar-refractivity contribution in [3.05, 3.63) is 46.4 Å². The smallest absolute Gasteiger partial charge is 0.135 e. The second-order valence-corrected chi connectivity index (χ2v) is 4.66. The number of halogens is 1. The van der Waals surface area contributed by atoms with Crippen LogP contribution in [0.1, 0.15) is 5.56 Å². The van der Waals surface area contributed by atoms with E-state index in [4.69, 9.17) is 4.42 Å². The second kappa shape index (κ2) is 3.11. The van der Waals surface area contributed by atoms with Crippen LogP contribution in [0.3, 0.4) is 0 Å². The molecule has 0 unspecified atom stereocenters. The van der Waals surface area contributed by atoms with Crippen molar-refractivity contribution in [1.29, 1.82) is 0 Å². The van der Waals surface area contributed by atoms with Crippen LogP contribution in [0, 0.1) is 6.92 Å². The second-order valence-electron chi connectivity index (χ2n) is 3.74. The zero-order chi connectivity index (χ0) is 10.4. The lowest BCUT2D eigenvalue weighted by atomic mass is 10.1. The molecule has 0 saturated carbocycles. The summed E-state index contributed by atoms with van der Waals surface area (Å²) < 4.78 is 6.82. The summed E-state index contributed by atoms with van der Waals surface area (Å²) >= 11 is 3.48. The van der Waals surface area contributed by atoms with E-state index in [1.165, 1.54) is 16.3 Å². The Hall–Kier alpha value is -1.28. The fourth-order valence-corrected chi connectivity index (χ4v) is 2.22. The van der Waals surface area contributed by atoms with Crippen molar-refractivity contribution in [1.82, 2.24) is 0 Å². The Bertz CT molecular complexity index is 596. The number of fused-ring (bicyclic) bond motifs is 3. The molecular weight excluding hydrogens is 252 g/mol. The summed E-state index contributed by atoms with van der Waals surface area (Å²) in [6.45, 7) is 2.09. The molecule has 0 N–H and O–H groups in total. The fourth-order valence-electron chi connectivity index (χ4n) is 1.86. The average Bonchev–Trinajstić information content (AvgIpc) is 2.56. The van der Waals surface area contributed by atoms with E-state index >= 15 is 0 Å². The molecule has 1 heterocycles. The first-order valence-corrected chi connectivity index (χ1v) is 5.62. The quantitative estimate of drug-likeness (QED) is 0.573. The summed E-state index contributed by atoms with van der Waals surface area (Å²) in [6.07, 6.45) is 0. The molecule has 3 rings (SSSR count). The summed E-state index contributed by atoms with van der Waals surface area (Å²) in [5.41, 5.74) is 3.15. The molecule has 1 nitrogen and oxygen atoms in total. The molecule has 0 fully saturated rings. The normalized spacial score (nSPS) is 11.3. The van der Waals surface area contributed by atoms with Gasteiger partial charge in [0.25, 0.3) is 0 Å². The number of benzene rings is 2. The molecule has 3 aromatic rings. The summed E-state index contributed by atoms with van der Waals surface area (Å²) in [4.78, 5) is 0. The van der Waals surface area contributed by atoms with E-state index in [9.17, 15) is 0 Å². The first-order valence-electron chi connectivity index (χ1n) is 4.82. The van der Waals surface area contributed by atoms with Gasteiger partial charge in [-0.1, -0.05) is 27.6 Å². The molecule has 0 aliphatic rings. The highest BCUT2D eigenvalue weighted by atomic mass is 79.9. The average molecular weight is 261 g/mol. The Balaban J connectivity index is 2.55. The molecule has 0 spiro atoms. The van der Waals surface area contributed by atoms with Crippen LogP contribution in [0.25, 0.3) is 21.9 Å². The minimum absolute atomic E-state index is 0.943. The lowest BCUT2D eigenvalue weighted by Crippen LogP contribution is -1.70. The molecule has 0 atom stereocenters. The SMILES string of the molecule is Cc1ccc2oc3ccc(Br)cc3c2c1. The largest absolute Gasteiger partial charge is 0.456 e. The van der Waals surface area contributed by atoms with Gasteiger partial charge in [-0.05, 0) is 37.3 Å². The van der Waals surface area contributed by atoms with Gasteiger partial charge in [0.1, 0.15) is 11.2 Å². The summed E-state index contributed by atoms with van der Waals surface area (Å²) in [5, 5.41) is 2.36. The summed E-state index contributed by atoms with van der Waals surface area (Å²) in [5.74, 6) is 0. The molecular formula is C13H9BrO. The molecule has 1 aromatic heterocycles. The maximum Gasteiger partial charge on any atom is 0.135 e. The van der Waals surface area contributed by atoms with Crippen LogP contribution >= 0.6 is 15.9 Å². The molecule has 2 aromatic carbocycles. The van der Waals surface area contributed by atoms with Gasteiger partial charge in [0, 0.05) is 15.2 Å². The zero-order valence-electron chi connectivity index (χ0n) is 8.25. The zero-order valence-corrected chi connectivity index (χ0v) is 9.84. The number of hydrogen-bond acceptors (Lipinski definition) is 1. The van der Waals surface area contributed by atoms with Crippen LogP contribution in [0.15, 0.2) is 45.3 Å². The third-order valence-electron chi connectivity index (χ3n) is 2.59. The van der Waals surface area contributed by atoms with Gasteiger partial charge in [0.2, 0.25) is 0 Å². The van der Waals surface area contributed by atoms with Gasteiger partial charge in [-0.25, -0.2) is 0 Å². The Kier molecular flexibility index (Phi) is 1.86. The van der Waals surface area contributed by atoms with Crippen LogP contribution < -0.4 is 0 Å². The monoisotopic (exact) mass is 260 g/mol. The van der Waals surface area contributed by atoms with Gasteiger partial charge < -0.3 is 4.42 Å². The van der Waals surface area contributed by atoms with E-state index in [0.717, 1.165) is 15.6 Å². The lowest BCUT2D eigenvalue weighted by molar-refractivity contribution is 0.669. The van der Waals surface area contributed by atoms with Gasteiger partial charge in [-0.3, -0.25) is 0 Å². The number of rotatable bonds is 0. The molecule has 15 heavy (non-hydrogen) atoms. The fraction of sp³-hybridized carbons (Fsp3) is 0.0769. The van der Waals surface area contributed by atoms with E-state index in [1.807, 2.05) is 18.2 Å². The maximum absolute atomic E-state index is 5.74. The number of aryl methyl sites for hydroxylation is 1. The highest BCUT2D eigenvalue weighted by molar-refractivity contribution is 9.10. The first kappa shape index (κ1) is 8.98.